The van der Waals surface area contributed by atoms with Gasteiger partial charge in [0, 0.05) is 32.7 Å². The van der Waals surface area contributed by atoms with Crippen molar-refractivity contribution >= 4 is 4.40 Å². The smallest absolute Gasteiger partial charge is 0 e. The predicted molar refractivity (Wildman–Crippen MR) is 50.5 cm³/mol. The summed E-state index contributed by atoms with van der Waals surface area (Å²) in [6.45, 7) is 12.9. The van der Waals surface area contributed by atoms with Crippen LogP contribution in [-0.4, -0.2) is 4.40 Å². The molecule has 0 heterocycles. The Morgan fingerprint density at radius 2 is 1.00 bits per heavy atom. The van der Waals surface area contributed by atoms with Crippen LogP contribution >= 0.6 is 0 Å². The summed E-state index contributed by atoms with van der Waals surface area (Å²) < 4.78 is 1.86. The molecule has 0 saturated carbocycles. The minimum atomic E-state index is 0. The van der Waals surface area contributed by atoms with Crippen LogP contribution in [0.25, 0.3) is 0 Å². The van der Waals surface area contributed by atoms with Crippen LogP contribution < -0.4 is 0 Å². The van der Waals surface area contributed by atoms with Crippen molar-refractivity contribution < 1.29 is 84.5 Å². The molecule has 0 spiro atoms. The summed E-state index contributed by atoms with van der Waals surface area (Å²) in [6, 6.07) is 0. The van der Waals surface area contributed by atoms with Crippen LogP contribution in [0.5, 0.6) is 0 Å². The number of allylic oxidation sites excluding steroid dienone is 1. The van der Waals surface area contributed by atoms with Gasteiger partial charge in [0.25, 0.3) is 0 Å². The molecular weight excluding hydrogens is 749 g/mol. The zero-order valence-corrected chi connectivity index (χ0v) is 21.2. The first kappa shape index (κ1) is 44.7. The Morgan fingerprint density at radius 3 is 1.00 bits per heavy atom. The zero-order chi connectivity index (χ0) is 9.41. The second-order valence-corrected chi connectivity index (χ2v) is 1.31. The third-order valence-electron chi connectivity index (χ3n) is 0.0786. The van der Waals surface area contributed by atoms with E-state index in [9.17, 15) is 0 Å². The standard InChI is InChI=1S/C3H3.2C2H6.2CH3.3W.Y/c1-3-2;2*1-2;;;;;;/h1-3H;2*1-2H3;2*1H3;;;;/q-1;;;2*-1;;;;. The minimum Gasteiger partial charge on any atom is 0 e. The Bertz CT molecular complexity index is 44.1. The van der Waals surface area contributed by atoms with Gasteiger partial charge in [0.15, 0.2) is 0 Å². The van der Waals surface area contributed by atoms with Crippen molar-refractivity contribution in [2.75, 3.05) is 0 Å². The zero-order valence-electron chi connectivity index (χ0n) is 9.53. The van der Waals surface area contributed by atoms with Crippen LogP contribution in [-0.2, 0) is 84.5 Å². The van der Waals surface area contributed by atoms with Crippen LogP contribution in [0.1, 0.15) is 27.7 Å². The minimum absolute atomic E-state index is 0. The molecule has 0 fully saturated rings. The fourth-order valence-corrected chi connectivity index (χ4v) is 0. The largest absolute Gasteiger partial charge is 0 e. The van der Waals surface area contributed by atoms with Crippen molar-refractivity contribution in [3.63, 3.8) is 0 Å². The van der Waals surface area contributed by atoms with Gasteiger partial charge < -0.3 is 14.9 Å². The first-order chi connectivity index (χ1) is 4.91. The van der Waals surface area contributed by atoms with Gasteiger partial charge in [-0.1, -0.05) is 27.7 Å². The summed E-state index contributed by atoms with van der Waals surface area (Å²) in [5.74, 6) is 0. The van der Waals surface area contributed by atoms with Crippen LogP contribution in [0.4, 0.5) is 0 Å². The molecule has 0 aliphatic rings. The molecule has 0 unspecified atom stereocenters. The van der Waals surface area contributed by atoms with Gasteiger partial charge in [0.05, 0.1) is 0 Å². The van der Waals surface area contributed by atoms with Crippen molar-refractivity contribution in [2.45, 2.75) is 27.7 Å². The van der Waals surface area contributed by atoms with E-state index in [1.807, 2.05) is 32.1 Å². The van der Waals surface area contributed by atoms with E-state index >= 15 is 0 Å². The summed E-state index contributed by atoms with van der Waals surface area (Å²) in [5, 5.41) is 0. The van der Waals surface area contributed by atoms with Crippen molar-refractivity contribution in [2.24, 2.45) is 0 Å². The molecule has 4 heteroatoms. The molecule has 0 rings (SSSR count). The van der Waals surface area contributed by atoms with E-state index in [2.05, 4.69) is 0 Å². The third kappa shape index (κ3) is 169. The maximum Gasteiger partial charge on any atom is 0 e. The second-order valence-electron chi connectivity index (χ2n) is 0.329. The van der Waals surface area contributed by atoms with E-state index in [0.717, 1.165) is 0 Å². The van der Waals surface area contributed by atoms with Gasteiger partial charge in [-0.25, -0.2) is 0 Å². The Morgan fingerprint density at radius 1 is 0.923 bits per heavy atom. The average molecular weight is 770 g/mol. The van der Waals surface area contributed by atoms with Gasteiger partial charge in [-0.15, -0.1) is 0 Å². The molecule has 13 heavy (non-hydrogen) atoms. The van der Waals surface area contributed by atoms with Crippen LogP contribution in [0.2, 0.25) is 0 Å². The molecular formula is C9H21W3Y-3. The molecule has 0 atom stereocenters. The fourth-order valence-electron chi connectivity index (χ4n) is 0. The topological polar surface area (TPSA) is 0 Å². The molecule has 0 bridgehead atoms. The summed E-state index contributed by atoms with van der Waals surface area (Å²) in [4.78, 5) is 0. The third-order valence-corrected chi connectivity index (χ3v) is 0.643. The van der Waals surface area contributed by atoms with E-state index in [0.29, 0.717) is 0 Å². The predicted octanol–water partition coefficient (Wildman–Crippen LogP) is 3.27. The summed E-state index contributed by atoms with van der Waals surface area (Å²) in [7, 11) is 0. The summed E-state index contributed by atoms with van der Waals surface area (Å²) in [5.41, 5.74) is 0. The van der Waals surface area contributed by atoms with Gasteiger partial charge in [0.1, 0.15) is 0 Å². The van der Waals surface area contributed by atoms with Gasteiger partial charge in [0.2, 0.25) is 0 Å². The molecule has 0 nitrogen and oxygen atoms in total. The molecule has 0 aromatic rings. The molecule has 0 amide bonds. The molecule has 0 aromatic heterocycles. The van der Waals surface area contributed by atoms with Crippen LogP contribution in [0.15, 0.2) is 6.08 Å². The molecule has 0 aliphatic carbocycles. The molecule has 1 radical (unpaired) electrons. The Balaban J connectivity index is -0.00000000727. The van der Waals surface area contributed by atoms with Crippen LogP contribution in [0.3, 0.4) is 0 Å². The normalized spacial score (nSPS) is 2.77. The first-order valence-electron chi connectivity index (χ1n) is 3.07. The summed E-state index contributed by atoms with van der Waals surface area (Å²) in [6.07, 6.45) is 1.54. The second kappa shape index (κ2) is 123. The van der Waals surface area contributed by atoms with Gasteiger partial charge in [-0.3, -0.25) is 0 Å². The Labute approximate surface area is 142 Å². The summed E-state index contributed by atoms with van der Waals surface area (Å²) >= 11 is 4.73. The van der Waals surface area contributed by atoms with Crippen molar-refractivity contribution in [3.8, 4) is 0 Å². The van der Waals surface area contributed by atoms with Crippen LogP contribution in [0, 0.1) is 21.4 Å². The van der Waals surface area contributed by atoms with E-state index in [-0.39, 0.29) is 47.6 Å². The van der Waals surface area contributed by atoms with Gasteiger partial charge >= 0.3 is 68.9 Å². The SMILES string of the molecule is CC.CC.[CH-]=C[CH]=[W].[CH3-].[CH3-].[W]=[W].[Y]. The van der Waals surface area contributed by atoms with Gasteiger partial charge in [-0.2, -0.15) is 0 Å². The molecule has 81 valence electrons. The Kier molecular flexibility index (Phi) is 423. The molecule has 0 aliphatic heterocycles. The monoisotopic (exact) mass is 770 g/mol. The molecule has 0 aromatic carbocycles. The molecule has 0 saturated heterocycles. The number of hydrogen-bond donors (Lipinski definition) is 0. The molecule has 0 N–H and O–H groups in total. The van der Waals surface area contributed by atoms with E-state index < -0.39 is 0 Å². The van der Waals surface area contributed by atoms with E-state index in [4.69, 9.17) is 6.58 Å². The van der Waals surface area contributed by atoms with Crippen molar-refractivity contribution in [1.29, 1.82) is 0 Å². The maximum atomic E-state index is 4.87. The number of hydrogen-bond acceptors (Lipinski definition) is 0. The van der Waals surface area contributed by atoms with E-state index in [1.165, 1.54) is 25.4 Å². The average Bonchev–Trinajstić information content (AvgIpc) is 2.14. The quantitative estimate of drug-likeness (QED) is 0.360. The van der Waals surface area contributed by atoms with Crippen molar-refractivity contribution in [3.05, 3.63) is 27.5 Å². The Hall–Kier alpha value is 2.78. The van der Waals surface area contributed by atoms with Crippen molar-refractivity contribution in [1.82, 2.24) is 0 Å². The van der Waals surface area contributed by atoms with E-state index in [1.54, 1.807) is 32.4 Å². The maximum absolute atomic E-state index is 4.87. The first-order valence-corrected chi connectivity index (χ1v) is 15.8. The number of rotatable bonds is 1. The fraction of sp³-hybridized carbons (Fsp3) is 0.444. The van der Waals surface area contributed by atoms with Gasteiger partial charge in [-0.05, 0) is 0 Å².